The Morgan fingerprint density at radius 3 is 2.33 bits per heavy atom. The summed E-state index contributed by atoms with van der Waals surface area (Å²) in [5.74, 6) is -1.27. The van der Waals surface area contributed by atoms with E-state index in [-0.39, 0.29) is 12.5 Å². The van der Waals surface area contributed by atoms with E-state index in [1.54, 1.807) is 38.1 Å². The number of urea groups is 1. The van der Waals surface area contributed by atoms with E-state index in [1.807, 2.05) is 11.4 Å². The minimum absolute atomic E-state index is 0.315. The Labute approximate surface area is 122 Å². The summed E-state index contributed by atoms with van der Waals surface area (Å²) in [6, 6.07) is 7.71. The third kappa shape index (κ3) is 5.94. The Kier molecular flexibility index (Phi) is 6.19. The molecule has 0 aliphatic carbocycles. The minimum atomic E-state index is -1.11. The summed E-state index contributed by atoms with van der Waals surface area (Å²) >= 11 is 0. The van der Waals surface area contributed by atoms with Gasteiger partial charge in [-0.3, -0.25) is 10.1 Å². The summed E-state index contributed by atoms with van der Waals surface area (Å²) in [6.07, 6.45) is -1.11. The Morgan fingerprint density at radius 2 is 1.81 bits per heavy atom. The van der Waals surface area contributed by atoms with E-state index in [4.69, 9.17) is 15.2 Å². The predicted molar refractivity (Wildman–Crippen MR) is 74.4 cm³/mol. The molecule has 7 heteroatoms. The lowest BCUT2D eigenvalue weighted by atomic mass is 10.1. The third-order valence-electron chi connectivity index (χ3n) is 2.47. The number of esters is 1. The van der Waals surface area contributed by atoms with E-state index < -0.39 is 24.0 Å². The van der Waals surface area contributed by atoms with Gasteiger partial charge in [-0.05, 0) is 18.1 Å². The average Bonchev–Trinajstić information content (AvgIpc) is 2.42. The van der Waals surface area contributed by atoms with Gasteiger partial charge in [-0.2, -0.15) is 0 Å². The van der Waals surface area contributed by atoms with Crippen LogP contribution in [0.25, 0.3) is 0 Å². The van der Waals surface area contributed by atoms with E-state index >= 15 is 0 Å². The number of hydrogen-bond donors (Lipinski definition) is 2. The molecule has 0 bridgehead atoms. The van der Waals surface area contributed by atoms with Crippen LogP contribution in [0.4, 0.5) is 4.79 Å². The maximum Gasteiger partial charge on any atom is 0.344 e. The molecule has 114 valence electrons. The van der Waals surface area contributed by atoms with Crippen LogP contribution >= 0.6 is 0 Å². The molecule has 3 amide bonds. The molecule has 0 radical (unpaired) electrons. The van der Waals surface area contributed by atoms with Gasteiger partial charge in [0.25, 0.3) is 5.91 Å². The fourth-order valence-electron chi connectivity index (χ4n) is 1.52. The minimum Gasteiger partial charge on any atom is -0.482 e. The summed E-state index contributed by atoms with van der Waals surface area (Å²) in [7, 11) is 0. The highest BCUT2D eigenvalue weighted by atomic mass is 16.6. The first-order valence-corrected chi connectivity index (χ1v) is 6.37. The highest BCUT2D eigenvalue weighted by Crippen LogP contribution is 2.10. The first kappa shape index (κ1) is 16.5. The Bertz CT molecular complexity index is 501. The fraction of sp³-hybridized carbons (Fsp3) is 0.357. The van der Waals surface area contributed by atoms with Crippen molar-refractivity contribution in [2.45, 2.75) is 20.0 Å². The van der Waals surface area contributed by atoms with E-state index in [9.17, 15) is 14.4 Å². The Hall–Kier alpha value is -2.57. The zero-order valence-electron chi connectivity index (χ0n) is 11.9. The van der Waals surface area contributed by atoms with Crippen LogP contribution < -0.4 is 15.8 Å². The SMILES string of the molecule is CC(C)[C@H](OC(=O)COc1ccccc1)C(=O)NC(N)=O. The van der Waals surface area contributed by atoms with Gasteiger partial charge in [-0.15, -0.1) is 0 Å². The van der Waals surface area contributed by atoms with Crippen molar-refractivity contribution < 1.29 is 23.9 Å². The van der Waals surface area contributed by atoms with Crippen molar-refractivity contribution in [3.8, 4) is 5.75 Å². The van der Waals surface area contributed by atoms with Gasteiger partial charge >= 0.3 is 12.0 Å². The molecule has 7 nitrogen and oxygen atoms in total. The molecule has 0 aromatic heterocycles. The van der Waals surface area contributed by atoms with Crippen LogP contribution in [0.5, 0.6) is 5.75 Å². The molecular formula is C14H18N2O5. The van der Waals surface area contributed by atoms with Crippen molar-refractivity contribution in [2.24, 2.45) is 11.7 Å². The first-order valence-electron chi connectivity index (χ1n) is 6.37. The smallest absolute Gasteiger partial charge is 0.344 e. The number of hydrogen-bond acceptors (Lipinski definition) is 5. The van der Waals surface area contributed by atoms with Crippen LogP contribution in [0, 0.1) is 5.92 Å². The van der Waals surface area contributed by atoms with Crippen molar-refractivity contribution >= 4 is 17.9 Å². The lowest BCUT2D eigenvalue weighted by Crippen LogP contribution is -2.46. The van der Waals surface area contributed by atoms with Crippen LogP contribution in [-0.4, -0.2) is 30.6 Å². The molecular weight excluding hydrogens is 276 g/mol. The molecule has 0 aliphatic rings. The summed E-state index contributed by atoms with van der Waals surface area (Å²) in [5.41, 5.74) is 4.86. The summed E-state index contributed by atoms with van der Waals surface area (Å²) < 4.78 is 10.2. The van der Waals surface area contributed by atoms with Crippen molar-refractivity contribution in [1.82, 2.24) is 5.32 Å². The average molecular weight is 294 g/mol. The zero-order chi connectivity index (χ0) is 15.8. The summed E-state index contributed by atoms with van der Waals surface area (Å²) in [6.45, 7) is 3.02. The Balaban J connectivity index is 2.53. The third-order valence-corrected chi connectivity index (χ3v) is 2.47. The number of carbonyl (C=O) groups excluding carboxylic acids is 3. The van der Waals surface area contributed by atoms with Crippen LogP contribution in [-0.2, 0) is 14.3 Å². The summed E-state index contributed by atoms with van der Waals surface area (Å²) in [5, 5.41) is 1.89. The van der Waals surface area contributed by atoms with E-state index in [1.165, 1.54) is 0 Å². The van der Waals surface area contributed by atoms with Gasteiger partial charge in [0.05, 0.1) is 0 Å². The quantitative estimate of drug-likeness (QED) is 0.755. The van der Waals surface area contributed by atoms with E-state index in [0.29, 0.717) is 5.75 Å². The number of amides is 3. The standard InChI is InChI=1S/C14H18N2O5/c1-9(2)12(13(18)16-14(15)19)21-11(17)8-20-10-6-4-3-5-7-10/h3-7,9,12H,8H2,1-2H3,(H3,15,16,18,19)/t12-/m0/s1. The molecule has 0 heterocycles. The summed E-state index contributed by atoms with van der Waals surface area (Å²) in [4.78, 5) is 34.0. The maximum absolute atomic E-state index is 11.7. The number of nitrogens with one attached hydrogen (secondary N) is 1. The number of imide groups is 1. The molecule has 21 heavy (non-hydrogen) atoms. The molecule has 0 saturated heterocycles. The van der Waals surface area contributed by atoms with Gasteiger partial charge in [0.15, 0.2) is 12.7 Å². The molecule has 1 aromatic rings. The first-order chi connectivity index (χ1) is 9.90. The molecule has 0 spiro atoms. The molecule has 1 aromatic carbocycles. The molecule has 0 saturated carbocycles. The second-order valence-corrected chi connectivity index (χ2v) is 4.61. The molecule has 0 fully saturated rings. The maximum atomic E-state index is 11.7. The van der Waals surface area contributed by atoms with Crippen molar-refractivity contribution in [3.05, 3.63) is 30.3 Å². The number of para-hydroxylation sites is 1. The predicted octanol–water partition coefficient (Wildman–Crippen LogP) is 0.828. The van der Waals surface area contributed by atoms with Crippen LogP contribution in [0.3, 0.4) is 0 Å². The van der Waals surface area contributed by atoms with E-state index in [0.717, 1.165) is 0 Å². The zero-order valence-corrected chi connectivity index (χ0v) is 11.9. The van der Waals surface area contributed by atoms with Gasteiger partial charge in [0.1, 0.15) is 5.75 Å². The Morgan fingerprint density at radius 1 is 1.19 bits per heavy atom. The van der Waals surface area contributed by atoms with Gasteiger partial charge < -0.3 is 15.2 Å². The fourth-order valence-corrected chi connectivity index (χ4v) is 1.52. The lowest BCUT2D eigenvalue weighted by Gasteiger charge is -2.19. The number of rotatable bonds is 6. The van der Waals surface area contributed by atoms with Crippen LogP contribution in [0.2, 0.25) is 0 Å². The highest BCUT2D eigenvalue weighted by molar-refractivity contribution is 5.96. The molecule has 0 aliphatic heterocycles. The van der Waals surface area contributed by atoms with Crippen LogP contribution in [0.1, 0.15) is 13.8 Å². The van der Waals surface area contributed by atoms with Crippen molar-refractivity contribution in [2.75, 3.05) is 6.61 Å². The van der Waals surface area contributed by atoms with Crippen LogP contribution in [0.15, 0.2) is 30.3 Å². The number of carbonyl (C=O) groups is 3. The second kappa shape index (κ2) is 7.88. The topological polar surface area (TPSA) is 108 Å². The van der Waals surface area contributed by atoms with Crippen molar-refractivity contribution in [3.63, 3.8) is 0 Å². The van der Waals surface area contributed by atoms with Gasteiger partial charge in [0.2, 0.25) is 0 Å². The van der Waals surface area contributed by atoms with Gasteiger partial charge in [-0.1, -0.05) is 32.0 Å². The molecule has 3 N–H and O–H groups in total. The lowest BCUT2D eigenvalue weighted by molar-refractivity contribution is -0.160. The van der Waals surface area contributed by atoms with Crippen molar-refractivity contribution in [1.29, 1.82) is 0 Å². The number of nitrogens with two attached hydrogens (primary N) is 1. The largest absolute Gasteiger partial charge is 0.482 e. The highest BCUT2D eigenvalue weighted by Gasteiger charge is 2.27. The molecule has 0 unspecified atom stereocenters. The molecule has 1 atom stereocenters. The molecule has 1 rings (SSSR count). The van der Waals surface area contributed by atoms with Gasteiger partial charge in [-0.25, -0.2) is 9.59 Å². The number of primary amides is 1. The number of ether oxygens (including phenoxy) is 2. The number of benzene rings is 1. The normalized spacial score (nSPS) is 11.6. The van der Waals surface area contributed by atoms with Gasteiger partial charge in [0, 0.05) is 0 Å². The van der Waals surface area contributed by atoms with E-state index in [2.05, 4.69) is 0 Å². The second-order valence-electron chi connectivity index (χ2n) is 4.61. The monoisotopic (exact) mass is 294 g/mol.